The van der Waals surface area contributed by atoms with Gasteiger partial charge in [0.25, 0.3) is 11.8 Å². The quantitative estimate of drug-likeness (QED) is 0.279. The van der Waals surface area contributed by atoms with Crippen molar-refractivity contribution in [1.82, 2.24) is 19.6 Å². The topological polar surface area (TPSA) is 81.2 Å². The number of rotatable bonds is 2. The van der Waals surface area contributed by atoms with Crippen LogP contribution in [0.5, 0.6) is 0 Å². The van der Waals surface area contributed by atoms with Crippen LogP contribution in [0.3, 0.4) is 0 Å². The predicted molar refractivity (Wildman–Crippen MR) is 97.0 cm³/mol. The van der Waals surface area contributed by atoms with Crippen molar-refractivity contribution in [1.29, 1.82) is 0 Å². The van der Waals surface area contributed by atoms with Crippen molar-refractivity contribution in [2.75, 3.05) is 28.2 Å². The van der Waals surface area contributed by atoms with Crippen LogP contribution < -0.4 is 0 Å². The van der Waals surface area contributed by atoms with Crippen molar-refractivity contribution in [3.05, 3.63) is 23.8 Å². The number of likely N-dealkylation sites (N-methyl/N-ethyl adjacent to an activating group) is 2. The van der Waals surface area contributed by atoms with E-state index in [9.17, 15) is 19.2 Å². The fraction of sp³-hybridized carbons (Fsp3) is 0.333. The highest BCUT2D eigenvalue weighted by molar-refractivity contribution is 7.80. The van der Waals surface area contributed by atoms with E-state index < -0.39 is 29.5 Å². The third-order valence-electron chi connectivity index (χ3n) is 3.98. The van der Waals surface area contributed by atoms with Gasteiger partial charge in [-0.3, -0.25) is 38.8 Å². The van der Waals surface area contributed by atoms with Crippen molar-refractivity contribution in [3.63, 3.8) is 0 Å². The number of hydrogen-bond donors (Lipinski definition) is 0. The molecule has 2 fully saturated rings. The number of amides is 4. The van der Waals surface area contributed by atoms with Gasteiger partial charge >= 0.3 is 0 Å². The third kappa shape index (κ3) is 3.10. The normalized spacial score (nSPS) is 20.6. The molecule has 0 atom stereocenters. The number of thiocarbonyl (C=S) groups is 2. The van der Waals surface area contributed by atoms with E-state index in [4.69, 9.17) is 24.4 Å². The highest BCUT2D eigenvalue weighted by Gasteiger charge is 2.39. The van der Waals surface area contributed by atoms with E-state index in [1.54, 1.807) is 0 Å². The summed E-state index contributed by atoms with van der Waals surface area (Å²) in [6.07, 6.45) is 3.95. The molecule has 25 heavy (non-hydrogen) atoms. The molecule has 0 bridgehead atoms. The monoisotopic (exact) mass is 380 g/mol. The summed E-state index contributed by atoms with van der Waals surface area (Å²) < 4.78 is 0. The molecule has 10 heteroatoms. The molecule has 0 aromatic heterocycles. The van der Waals surface area contributed by atoms with E-state index in [1.807, 2.05) is 0 Å². The first-order chi connectivity index (χ1) is 11.6. The molecule has 2 heterocycles. The van der Waals surface area contributed by atoms with Gasteiger partial charge in [0, 0.05) is 28.2 Å². The van der Waals surface area contributed by atoms with E-state index in [0.717, 1.165) is 0 Å². The number of allylic oxidation sites excluding steroid dienone is 2. The first kappa shape index (κ1) is 18.9. The van der Waals surface area contributed by atoms with Crippen LogP contribution in [0.4, 0.5) is 0 Å². The Kier molecular flexibility index (Phi) is 5.14. The van der Waals surface area contributed by atoms with Crippen molar-refractivity contribution in [3.8, 4) is 0 Å². The molecule has 132 valence electrons. The lowest BCUT2D eigenvalue weighted by atomic mass is 10.0. The summed E-state index contributed by atoms with van der Waals surface area (Å²) in [5, 5.41) is 0.220. The fourth-order valence-corrected chi connectivity index (χ4v) is 2.70. The zero-order valence-electron chi connectivity index (χ0n) is 14.0. The van der Waals surface area contributed by atoms with Crippen LogP contribution >= 0.6 is 24.4 Å². The minimum atomic E-state index is -1.07. The summed E-state index contributed by atoms with van der Waals surface area (Å²) in [5.74, 6) is -3.10. The summed E-state index contributed by atoms with van der Waals surface area (Å²) >= 11 is 10.00. The number of carbonyl (C=O) groups is 4. The number of hydrogen-bond acceptors (Lipinski definition) is 6. The van der Waals surface area contributed by atoms with E-state index >= 15 is 0 Å². The Hall–Kier alpha value is -2.46. The van der Waals surface area contributed by atoms with Gasteiger partial charge in [0.15, 0.2) is 10.2 Å². The van der Waals surface area contributed by atoms with Crippen LogP contribution in [0, 0.1) is 5.92 Å². The van der Waals surface area contributed by atoms with E-state index in [2.05, 4.69) is 0 Å². The summed E-state index contributed by atoms with van der Waals surface area (Å²) in [7, 11) is 5.88. The van der Waals surface area contributed by atoms with Crippen molar-refractivity contribution >= 4 is 58.3 Å². The van der Waals surface area contributed by atoms with Crippen molar-refractivity contribution < 1.29 is 19.2 Å². The lowest BCUT2D eigenvalue weighted by Gasteiger charge is -2.34. The average molecular weight is 380 g/mol. The Morgan fingerprint density at radius 2 is 1.16 bits per heavy atom. The second-order valence-corrected chi connectivity index (χ2v) is 6.26. The number of nitrogens with zero attached hydrogens (tertiary/aromatic N) is 4. The van der Waals surface area contributed by atoms with Crippen LogP contribution in [-0.2, 0) is 19.2 Å². The number of carbonyl (C=O) groups excluding carboxylic acids is 4. The SMILES string of the molecule is CN1C(=O)C(=C/C=C/C2C(=O)N(C)C(=S)N(C)C2=O)C(=O)N(C)C1=S. The lowest BCUT2D eigenvalue weighted by molar-refractivity contribution is -0.143. The van der Waals surface area contributed by atoms with E-state index in [-0.39, 0.29) is 15.8 Å². The van der Waals surface area contributed by atoms with Gasteiger partial charge in [-0.2, -0.15) is 0 Å². The van der Waals surface area contributed by atoms with Gasteiger partial charge in [0.1, 0.15) is 11.5 Å². The molecule has 0 aromatic rings. The molecule has 2 aliphatic rings. The molecule has 8 nitrogen and oxygen atoms in total. The van der Waals surface area contributed by atoms with Gasteiger partial charge in [-0.1, -0.05) is 12.2 Å². The Labute approximate surface area is 155 Å². The molecule has 0 radical (unpaired) electrons. The molecule has 2 aliphatic heterocycles. The van der Waals surface area contributed by atoms with Crippen LogP contribution in [0.1, 0.15) is 0 Å². The van der Waals surface area contributed by atoms with Gasteiger partial charge in [0.05, 0.1) is 0 Å². The molecule has 4 amide bonds. The van der Waals surface area contributed by atoms with Crippen LogP contribution in [0.25, 0.3) is 0 Å². The van der Waals surface area contributed by atoms with Gasteiger partial charge < -0.3 is 0 Å². The van der Waals surface area contributed by atoms with Gasteiger partial charge in [-0.05, 0) is 30.5 Å². The summed E-state index contributed by atoms with van der Waals surface area (Å²) in [4.78, 5) is 53.5. The highest BCUT2D eigenvalue weighted by atomic mass is 32.1. The summed E-state index contributed by atoms with van der Waals surface area (Å²) in [6.45, 7) is 0. The second kappa shape index (κ2) is 6.81. The molecule has 0 N–H and O–H groups in total. The zero-order chi connectivity index (χ0) is 19.0. The molecule has 2 rings (SSSR count). The van der Waals surface area contributed by atoms with Crippen LogP contribution in [0.15, 0.2) is 23.8 Å². The maximum atomic E-state index is 12.2. The lowest BCUT2D eigenvalue weighted by Crippen LogP contribution is -2.56. The largest absolute Gasteiger partial charge is 0.291 e. The Morgan fingerprint density at radius 3 is 1.60 bits per heavy atom. The maximum absolute atomic E-state index is 12.2. The summed E-state index contributed by atoms with van der Waals surface area (Å²) in [5.41, 5.74) is -0.109. The molecular weight excluding hydrogens is 364 g/mol. The average Bonchev–Trinajstić information content (AvgIpc) is 2.60. The first-order valence-corrected chi connectivity index (χ1v) is 7.98. The molecule has 0 aromatic carbocycles. The van der Waals surface area contributed by atoms with Gasteiger partial charge in [0.2, 0.25) is 11.8 Å². The molecule has 0 spiro atoms. The second-order valence-electron chi connectivity index (χ2n) is 5.53. The van der Waals surface area contributed by atoms with E-state index in [0.29, 0.717) is 0 Å². The molecule has 0 saturated carbocycles. The summed E-state index contributed by atoms with van der Waals surface area (Å²) in [6, 6.07) is 0. The zero-order valence-corrected chi connectivity index (χ0v) is 15.7. The standard InChI is InChI=1S/C15H16N4O4S2/c1-16-10(20)8(11(21)17(2)14(16)24)6-5-7-9-12(22)18(3)15(25)19(4)13(9)23/h5-8H,1-4H3/b6-5+. The smallest absolute Gasteiger partial charge is 0.265 e. The molecule has 2 saturated heterocycles. The van der Waals surface area contributed by atoms with Gasteiger partial charge in [-0.15, -0.1) is 0 Å². The van der Waals surface area contributed by atoms with Crippen LogP contribution in [-0.4, -0.2) is 81.6 Å². The van der Waals surface area contributed by atoms with E-state index in [1.165, 1.54) is 66.0 Å². The molecular formula is C15H16N4O4S2. The van der Waals surface area contributed by atoms with Crippen molar-refractivity contribution in [2.24, 2.45) is 5.92 Å². The highest BCUT2D eigenvalue weighted by Crippen LogP contribution is 2.18. The van der Waals surface area contributed by atoms with Crippen molar-refractivity contribution in [2.45, 2.75) is 0 Å². The predicted octanol–water partition coefficient (Wildman–Crippen LogP) is -0.484. The third-order valence-corrected chi connectivity index (χ3v) is 5.07. The maximum Gasteiger partial charge on any atom is 0.265 e. The molecule has 0 aliphatic carbocycles. The Morgan fingerprint density at radius 1 is 0.760 bits per heavy atom. The Balaban J connectivity index is 2.28. The van der Waals surface area contributed by atoms with Gasteiger partial charge in [-0.25, -0.2) is 0 Å². The fourth-order valence-electron chi connectivity index (χ4n) is 2.36. The first-order valence-electron chi connectivity index (χ1n) is 7.17. The van der Waals surface area contributed by atoms with Crippen LogP contribution in [0.2, 0.25) is 0 Å². The minimum Gasteiger partial charge on any atom is -0.291 e. The molecule has 0 unspecified atom stereocenters. The minimum absolute atomic E-state index is 0.102. The Bertz CT molecular complexity index is 723.